The average molecular weight is 289 g/mol. The molecular formula is C17H23NO3. The number of hydrogen-bond acceptors (Lipinski definition) is 3. The third-order valence-electron chi connectivity index (χ3n) is 3.92. The van der Waals surface area contributed by atoms with Crippen molar-refractivity contribution in [1.29, 1.82) is 0 Å². The summed E-state index contributed by atoms with van der Waals surface area (Å²) in [6, 6.07) is 6.90. The average Bonchev–Trinajstić information content (AvgIpc) is 2.52. The molecule has 2 rings (SSSR count). The minimum atomic E-state index is -0.103. The lowest BCUT2D eigenvalue weighted by atomic mass is 9.89. The van der Waals surface area contributed by atoms with Gasteiger partial charge in [-0.25, -0.2) is 0 Å². The second-order valence-electron chi connectivity index (χ2n) is 5.68. The highest BCUT2D eigenvalue weighted by atomic mass is 16.5. The molecule has 0 bridgehead atoms. The van der Waals surface area contributed by atoms with Gasteiger partial charge in [0.1, 0.15) is 5.75 Å². The van der Waals surface area contributed by atoms with Gasteiger partial charge in [0.05, 0.1) is 0 Å². The molecule has 0 heterocycles. The van der Waals surface area contributed by atoms with Crippen molar-refractivity contribution in [1.82, 2.24) is 5.32 Å². The van der Waals surface area contributed by atoms with E-state index in [4.69, 9.17) is 4.74 Å². The quantitative estimate of drug-likeness (QED) is 0.819. The van der Waals surface area contributed by atoms with E-state index in [1.54, 1.807) is 24.3 Å². The Morgan fingerprint density at radius 2 is 2.00 bits per heavy atom. The lowest BCUT2D eigenvalue weighted by Gasteiger charge is -2.21. The summed E-state index contributed by atoms with van der Waals surface area (Å²) in [5, 5.41) is 2.93. The molecule has 0 spiro atoms. The molecule has 0 atom stereocenters. The highest BCUT2D eigenvalue weighted by molar-refractivity contribution is 5.94. The highest BCUT2D eigenvalue weighted by Gasteiger charge is 2.14. The number of ether oxygens (including phenoxy) is 1. The highest BCUT2D eigenvalue weighted by Crippen LogP contribution is 2.22. The van der Waals surface area contributed by atoms with Crippen molar-refractivity contribution in [3.63, 3.8) is 0 Å². The number of benzene rings is 1. The van der Waals surface area contributed by atoms with Crippen molar-refractivity contribution in [2.75, 3.05) is 13.2 Å². The maximum Gasteiger partial charge on any atom is 0.257 e. The summed E-state index contributed by atoms with van der Waals surface area (Å²) in [5.74, 6) is 1.05. The van der Waals surface area contributed by atoms with Crippen LogP contribution in [-0.2, 0) is 4.79 Å². The van der Waals surface area contributed by atoms with E-state index in [-0.39, 0.29) is 18.3 Å². The summed E-state index contributed by atoms with van der Waals surface area (Å²) in [6.07, 6.45) is 6.29. The molecule has 4 nitrogen and oxygen atoms in total. The molecule has 21 heavy (non-hydrogen) atoms. The minimum Gasteiger partial charge on any atom is -0.484 e. The number of nitrogens with one attached hydrogen (secondary N) is 1. The maximum absolute atomic E-state index is 11.8. The lowest BCUT2D eigenvalue weighted by molar-refractivity contribution is -0.123. The summed E-state index contributed by atoms with van der Waals surface area (Å²) < 4.78 is 5.43. The van der Waals surface area contributed by atoms with Gasteiger partial charge in [0.25, 0.3) is 5.91 Å². The molecule has 1 amide bonds. The Labute approximate surface area is 125 Å². The van der Waals surface area contributed by atoms with Crippen LogP contribution in [0.1, 0.15) is 49.4 Å². The van der Waals surface area contributed by atoms with E-state index < -0.39 is 0 Å². The Morgan fingerprint density at radius 1 is 1.24 bits per heavy atom. The molecule has 0 aliphatic heterocycles. The van der Waals surface area contributed by atoms with Crippen LogP contribution in [0, 0.1) is 5.92 Å². The van der Waals surface area contributed by atoms with Crippen molar-refractivity contribution in [3.8, 4) is 5.75 Å². The van der Waals surface area contributed by atoms with Crippen molar-refractivity contribution in [2.24, 2.45) is 5.92 Å². The summed E-state index contributed by atoms with van der Waals surface area (Å²) in [7, 11) is 0. The van der Waals surface area contributed by atoms with Gasteiger partial charge in [-0.1, -0.05) is 31.4 Å². The monoisotopic (exact) mass is 289 g/mol. The van der Waals surface area contributed by atoms with Crippen molar-refractivity contribution in [3.05, 3.63) is 29.8 Å². The van der Waals surface area contributed by atoms with Crippen LogP contribution in [0.2, 0.25) is 0 Å². The first-order chi connectivity index (χ1) is 10.1. The lowest BCUT2D eigenvalue weighted by Crippen LogP contribution is -2.33. The van der Waals surface area contributed by atoms with Crippen molar-refractivity contribution in [2.45, 2.75) is 39.0 Å². The van der Waals surface area contributed by atoms with Crippen LogP contribution in [0.5, 0.6) is 5.75 Å². The number of ketones is 1. The second-order valence-corrected chi connectivity index (χ2v) is 5.68. The summed E-state index contributed by atoms with van der Waals surface area (Å²) in [5.41, 5.74) is 0.593. The molecule has 0 radical (unpaired) electrons. The fourth-order valence-electron chi connectivity index (χ4n) is 2.65. The van der Waals surface area contributed by atoms with Crippen molar-refractivity contribution < 1.29 is 14.3 Å². The van der Waals surface area contributed by atoms with E-state index in [0.29, 0.717) is 17.2 Å². The van der Waals surface area contributed by atoms with Gasteiger partial charge in [0.15, 0.2) is 12.4 Å². The molecule has 0 aromatic heterocycles. The van der Waals surface area contributed by atoms with E-state index in [2.05, 4.69) is 5.32 Å². The Hall–Kier alpha value is -1.84. The predicted octanol–water partition coefficient (Wildman–Crippen LogP) is 2.96. The van der Waals surface area contributed by atoms with Gasteiger partial charge in [0.2, 0.25) is 0 Å². The first kappa shape index (κ1) is 15.5. The molecule has 1 fully saturated rings. The van der Waals surface area contributed by atoms with E-state index in [1.807, 2.05) is 0 Å². The molecule has 0 saturated heterocycles. The number of carbonyl (C=O) groups excluding carboxylic acids is 2. The molecule has 114 valence electrons. The fraction of sp³-hybridized carbons (Fsp3) is 0.529. The third-order valence-corrected chi connectivity index (χ3v) is 3.92. The first-order valence-corrected chi connectivity index (χ1v) is 7.65. The van der Waals surface area contributed by atoms with Gasteiger partial charge in [-0.15, -0.1) is 0 Å². The number of Topliss-reactive ketones (excluding diaryl/α,β-unsaturated/α-hetero) is 1. The van der Waals surface area contributed by atoms with E-state index in [0.717, 1.165) is 6.54 Å². The fourth-order valence-corrected chi connectivity index (χ4v) is 2.65. The molecule has 1 aliphatic rings. The van der Waals surface area contributed by atoms with Gasteiger partial charge in [-0.05, 0) is 37.8 Å². The molecule has 1 aromatic rings. The molecular weight excluding hydrogens is 266 g/mol. The number of rotatable bonds is 6. The zero-order valence-electron chi connectivity index (χ0n) is 12.6. The van der Waals surface area contributed by atoms with Crippen LogP contribution in [0.4, 0.5) is 0 Å². The molecule has 1 aromatic carbocycles. The normalized spacial score (nSPS) is 15.5. The topological polar surface area (TPSA) is 55.4 Å². The van der Waals surface area contributed by atoms with Gasteiger partial charge >= 0.3 is 0 Å². The predicted molar refractivity (Wildman–Crippen MR) is 81.5 cm³/mol. The van der Waals surface area contributed by atoms with Gasteiger partial charge < -0.3 is 10.1 Å². The second kappa shape index (κ2) is 7.81. The smallest absolute Gasteiger partial charge is 0.257 e. The standard InChI is InChI=1S/C17H23NO3/c1-13(19)15-8-5-9-16(10-15)21-12-17(20)18-11-14-6-3-2-4-7-14/h5,8-10,14H,2-4,6-7,11-12H2,1H3,(H,18,20). The summed E-state index contributed by atoms with van der Waals surface area (Å²) in [4.78, 5) is 23.1. The zero-order valence-corrected chi connectivity index (χ0v) is 12.6. The number of carbonyl (C=O) groups is 2. The van der Waals surface area contributed by atoms with E-state index in [1.165, 1.54) is 39.0 Å². The maximum atomic E-state index is 11.8. The number of hydrogen-bond donors (Lipinski definition) is 1. The van der Waals surface area contributed by atoms with E-state index >= 15 is 0 Å². The van der Waals surface area contributed by atoms with Crippen LogP contribution in [0.15, 0.2) is 24.3 Å². The Balaban J connectivity index is 1.73. The van der Waals surface area contributed by atoms with Gasteiger partial charge in [0, 0.05) is 12.1 Å². The summed E-state index contributed by atoms with van der Waals surface area (Å²) in [6.45, 7) is 2.25. The third kappa shape index (κ3) is 5.21. The molecule has 4 heteroatoms. The Morgan fingerprint density at radius 3 is 2.71 bits per heavy atom. The Kier molecular flexibility index (Phi) is 5.78. The first-order valence-electron chi connectivity index (χ1n) is 7.65. The summed E-state index contributed by atoms with van der Waals surface area (Å²) >= 11 is 0. The number of amides is 1. The minimum absolute atomic E-state index is 0.00587. The molecule has 1 saturated carbocycles. The molecule has 1 aliphatic carbocycles. The van der Waals surface area contributed by atoms with Gasteiger partial charge in [-0.2, -0.15) is 0 Å². The van der Waals surface area contributed by atoms with E-state index in [9.17, 15) is 9.59 Å². The zero-order chi connectivity index (χ0) is 15.1. The van der Waals surface area contributed by atoms with Crippen LogP contribution in [0.3, 0.4) is 0 Å². The Bertz CT molecular complexity index is 493. The molecule has 0 unspecified atom stereocenters. The van der Waals surface area contributed by atoms with Gasteiger partial charge in [-0.3, -0.25) is 9.59 Å². The van der Waals surface area contributed by atoms with Crippen LogP contribution in [0.25, 0.3) is 0 Å². The van der Waals surface area contributed by atoms with Crippen LogP contribution in [-0.4, -0.2) is 24.8 Å². The molecule has 1 N–H and O–H groups in total. The van der Waals surface area contributed by atoms with Crippen molar-refractivity contribution >= 4 is 11.7 Å². The SMILES string of the molecule is CC(=O)c1cccc(OCC(=O)NCC2CCCCC2)c1. The van der Waals surface area contributed by atoms with Crippen LogP contribution >= 0.6 is 0 Å². The largest absolute Gasteiger partial charge is 0.484 e. The van der Waals surface area contributed by atoms with Crippen LogP contribution < -0.4 is 10.1 Å².